The van der Waals surface area contributed by atoms with Crippen molar-refractivity contribution in [3.05, 3.63) is 47.6 Å². The van der Waals surface area contributed by atoms with Crippen LogP contribution in [0.2, 0.25) is 0 Å². The number of fused-ring (bicyclic) bond motifs is 1. The van der Waals surface area contributed by atoms with Crippen LogP contribution in [0.5, 0.6) is 0 Å². The second-order valence-electron chi connectivity index (χ2n) is 7.62. The van der Waals surface area contributed by atoms with Gasteiger partial charge in [-0.1, -0.05) is 54.2 Å². The Balaban J connectivity index is 2.54. The van der Waals surface area contributed by atoms with Gasteiger partial charge in [-0.3, -0.25) is 4.99 Å². The molecule has 0 saturated heterocycles. The van der Waals surface area contributed by atoms with Crippen molar-refractivity contribution in [2.45, 2.75) is 47.0 Å². The van der Waals surface area contributed by atoms with Gasteiger partial charge in [0.05, 0.1) is 5.69 Å². The minimum Gasteiger partial charge on any atom is -0.256 e. The molecule has 2 rings (SSSR count). The average molecular weight is 267 g/mol. The second-order valence-corrected chi connectivity index (χ2v) is 7.62. The van der Waals surface area contributed by atoms with Crippen LogP contribution in [-0.4, -0.2) is 6.21 Å². The summed E-state index contributed by atoms with van der Waals surface area (Å²) in [5, 5.41) is 0. The third-order valence-corrected chi connectivity index (χ3v) is 3.75. The van der Waals surface area contributed by atoms with Crippen molar-refractivity contribution in [2.75, 3.05) is 0 Å². The molecule has 1 heteroatoms. The molecule has 20 heavy (non-hydrogen) atoms. The molecule has 0 saturated carbocycles. The molecular weight excluding hydrogens is 242 g/mol. The van der Waals surface area contributed by atoms with Crippen LogP contribution in [0.15, 0.2) is 41.4 Å². The van der Waals surface area contributed by atoms with Gasteiger partial charge < -0.3 is 0 Å². The van der Waals surface area contributed by atoms with Gasteiger partial charge in [-0.15, -0.1) is 0 Å². The second kappa shape index (κ2) is 4.73. The van der Waals surface area contributed by atoms with Gasteiger partial charge in [0.2, 0.25) is 0 Å². The van der Waals surface area contributed by atoms with E-state index in [1.807, 2.05) is 6.21 Å². The highest BCUT2D eigenvalue weighted by Crippen LogP contribution is 2.36. The maximum atomic E-state index is 4.65. The summed E-state index contributed by atoms with van der Waals surface area (Å²) in [6, 6.07) is 6.51. The van der Waals surface area contributed by atoms with E-state index in [1.54, 1.807) is 0 Å². The number of allylic oxidation sites excluding steroid dienone is 3. The van der Waals surface area contributed by atoms with Crippen molar-refractivity contribution in [3.8, 4) is 0 Å². The molecule has 0 amide bonds. The normalized spacial score (nSPS) is 15.7. The van der Waals surface area contributed by atoms with Crippen LogP contribution < -0.4 is 0 Å². The smallest absolute Gasteiger partial charge is 0.0708 e. The molecule has 0 bridgehead atoms. The molecule has 0 spiro atoms. The third kappa shape index (κ3) is 2.92. The highest BCUT2D eigenvalue weighted by molar-refractivity contribution is 5.93. The van der Waals surface area contributed by atoms with Gasteiger partial charge in [0.15, 0.2) is 0 Å². The van der Waals surface area contributed by atoms with E-state index in [4.69, 9.17) is 0 Å². The molecule has 1 aromatic carbocycles. The molecule has 0 aromatic heterocycles. The molecule has 1 aliphatic heterocycles. The van der Waals surface area contributed by atoms with Crippen LogP contribution in [0.25, 0.3) is 5.57 Å². The van der Waals surface area contributed by atoms with E-state index in [0.717, 1.165) is 16.8 Å². The van der Waals surface area contributed by atoms with E-state index in [9.17, 15) is 0 Å². The lowest BCUT2D eigenvalue weighted by Crippen LogP contribution is -2.11. The summed E-state index contributed by atoms with van der Waals surface area (Å²) in [6.07, 6.45) is 4.15. The quantitative estimate of drug-likeness (QED) is 0.573. The topological polar surface area (TPSA) is 12.4 Å². The Labute approximate surface area is 123 Å². The van der Waals surface area contributed by atoms with Crippen LogP contribution in [0, 0.1) is 5.41 Å². The number of aliphatic imine (C=N–C) groups is 1. The van der Waals surface area contributed by atoms with Crippen LogP contribution >= 0.6 is 0 Å². The van der Waals surface area contributed by atoms with Crippen molar-refractivity contribution in [1.82, 2.24) is 0 Å². The molecule has 0 N–H and O–H groups in total. The predicted molar refractivity (Wildman–Crippen MR) is 89.9 cm³/mol. The Morgan fingerprint density at radius 3 is 2.15 bits per heavy atom. The van der Waals surface area contributed by atoms with Gasteiger partial charge in [0.1, 0.15) is 0 Å². The van der Waals surface area contributed by atoms with Gasteiger partial charge in [-0.25, -0.2) is 0 Å². The van der Waals surface area contributed by atoms with E-state index >= 15 is 0 Å². The number of rotatable bonds is 0. The Bertz CT molecular complexity index is 602. The van der Waals surface area contributed by atoms with Gasteiger partial charge in [0, 0.05) is 11.8 Å². The van der Waals surface area contributed by atoms with Gasteiger partial charge in [-0.2, -0.15) is 0 Å². The Morgan fingerprint density at radius 2 is 1.60 bits per heavy atom. The molecule has 1 aromatic rings. The zero-order chi connectivity index (χ0) is 15.1. The van der Waals surface area contributed by atoms with Crippen molar-refractivity contribution in [3.63, 3.8) is 0 Å². The molecule has 1 heterocycles. The first-order chi connectivity index (χ1) is 9.09. The first-order valence-electron chi connectivity index (χ1n) is 7.19. The van der Waals surface area contributed by atoms with Crippen molar-refractivity contribution in [1.29, 1.82) is 0 Å². The standard InChI is InChI=1S/C19H25N/c1-13-10-15(19(5,6)7)12-20-17-9-8-14(11-16(13)17)18(2,3)4/h8-12H,1H2,2-7H3. The molecule has 0 radical (unpaired) electrons. The summed E-state index contributed by atoms with van der Waals surface area (Å²) in [5.41, 5.74) is 5.97. The summed E-state index contributed by atoms with van der Waals surface area (Å²) in [5.74, 6) is 0. The van der Waals surface area contributed by atoms with E-state index in [-0.39, 0.29) is 10.8 Å². The number of hydrogen-bond donors (Lipinski definition) is 0. The summed E-state index contributed by atoms with van der Waals surface area (Å²) in [7, 11) is 0. The predicted octanol–water partition coefficient (Wildman–Crippen LogP) is 5.69. The molecule has 106 valence electrons. The molecular formula is C19H25N. The first kappa shape index (κ1) is 14.8. The monoisotopic (exact) mass is 267 g/mol. The van der Waals surface area contributed by atoms with Crippen molar-refractivity contribution < 1.29 is 0 Å². The fourth-order valence-corrected chi connectivity index (χ4v) is 2.22. The van der Waals surface area contributed by atoms with Crippen LogP contribution in [0.4, 0.5) is 5.69 Å². The summed E-state index contributed by atoms with van der Waals surface area (Å²) in [6.45, 7) is 17.5. The molecule has 0 fully saturated rings. The Morgan fingerprint density at radius 1 is 0.950 bits per heavy atom. The van der Waals surface area contributed by atoms with E-state index in [0.29, 0.717) is 0 Å². The van der Waals surface area contributed by atoms with E-state index in [2.05, 4.69) is 77.4 Å². The van der Waals surface area contributed by atoms with E-state index in [1.165, 1.54) is 11.1 Å². The lowest BCUT2D eigenvalue weighted by Gasteiger charge is -2.21. The Kier molecular flexibility index (Phi) is 3.49. The summed E-state index contributed by atoms with van der Waals surface area (Å²) >= 11 is 0. The number of nitrogens with zero attached hydrogens (tertiary/aromatic N) is 1. The minimum atomic E-state index is 0.0847. The number of benzene rings is 1. The van der Waals surface area contributed by atoms with Crippen LogP contribution in [0.1, 0.15) is 52.7 Å². The molecule has 0 unspecified atom stereocenters. The zero-order valence-electron chi connectivity index (χ0n) is 13.5. The highest BCUT2D eigenvalue weighted by atomic mass is 14.7. The fraction of sp³-hybridized carbons (Fsp3) is 0.421. The van der Waals surface area contributed by atoms with Crippen LogP contribution in [-0.2, 0) is 5.41 Å². The highest BCUT2D eigenvalue weighted by Gasteiger charge is 2.20. The van der Waals surface area contributed by atoms with Crippen molar-refractivity contribution >= 4 is 17.5 Å². The molecule has 1 aliphatic rings. The number of hydrogen-bond acceptors (Lipinski definition) is 1. The van der Waals surface area contributed by atoms with Gasteiger partial charge in [-0.05, 0) is 45.7 Å². The maximum absolute atomic E-state index is 4.65. The van der Waals surface area contributed by atoms with Gasteiger partial charge in [0.25, 0.3) is 0 Å². The minimum absolute atomic E-state index is 0.0847. The summed E-state index contributed by atoms with van der Waals surface area (Å²) < 4.78 is 0. The molecule has 0 aliphatic carbocycles. The first-order valence-corrected chi connectivity index (χ1v) is 7.19. The SMILES string of the molecule is C=C1C=C(C(C)(C)C)C=Nc2ccc(C(C)(C)C)cc21. The zero-order valence-corrected chi connectivity index (χ0v) is 13.5. The lowest BCUT2D eigenvalue weighted by atomic mass is 9.84. The lowest BCUT2D eigenvalue weighted by molar-refractivity contribution is 0.527. The average Bonchev–Trinajstić information content (AvgIpc) is 2.47. The van der Waals surface area contributed by atoms with Gasteiger partial charge >= 0.3 is 0 Å². The third-order valence-electron chi connectivity index (χ3n) is 3.75. The fourth-order valence-electron chi connectivity index (χ4n) is 2.22. The maximum Gasteiger partial charge on any atom is 0.0708 e. The summed E-state index contributed by atoms with van der Waals surface area (Å²) in [4.78, 5) is 4.65. The Hall–Kier alpha value is -1.63. The van der Waals surface area contributed by atoms with E-state index < -0.39 is 0 Å². The van der Waals surface area contributed by atoms with Crippen molar-refractivity contribution in [2.24, 2.45) is 10.4 Å². The molecule has 0 atom stereocenters. The van der Waals surface area contributed by atoms with Crippen LogP contribution in [0.3, 0.4) is 0 Å². The molecule has 1 nitrogen and oxygen atoms in total. The largest absolute Gasteiger partial charge is 0.256 e.